The number of hydrogen-bond donors (Lipinski definition) is 1. The molecule has 3 aromatic carbocycles. The zero-order chi connectivity index (χ0) is 21.1. The molecule has 5 heteroatoms. The lowest BCUT2D eigenvalue weighted by molar-refractivity contribution is -0.132. The quantitative estimate of drug-likeness (QED) is 0.383. The van der Waals surface area contributed by atoms with Gasteiger partial charge in [-0.15, -0.1) is 0 Å². The van der Waals surface area contributed by atoms with Crippen molar-refractivity contribution in [2.75, 3.05) is 11.5 Å². The summed E-state index contributed by atoms with van der Waals surface area (Å²) in [7, 11) is 0. The van der Waals surface area contributed by atoms with Crippen LogP contribution in [0.2, 0.25) is 0 Å². The minimum atomic E-state index is -0.732. The molecule has 0 aromatic heterocycles. The highest BCUT2D eigenvalue weighted by molar-refractivity contribution is 6.51. The first-order valence-electron chi connectivity index (χ1n) is 9.76. The first-order valence-corrected chi connectivity index (χ1v) is 9.76. The zero-order valence-electron chi connectivity index (χ0n) is 16.5. The third kappa shape index (κ3) is 3.46. The Morgan fingerprint density at radius 3 is 2.10 bits per heavy atom. The first kappa shape index (κ1) is 19.5. The fraction of sp³-hybridized carbons (Fsp3) is 0.120. The monoisotopic (exact) mass is 399 g/mol. The summed E-state index contributed by atoms with van der Waals surface area (Å²) in [6.07, 6.45) is 0. The van der Waals surface area contributed by atoms with Gasteiger partial charge in [-0.3, -0.25) is 14.5 Å². The number of nitrogens with zero attached hydrogens (tertiary/aromatic N) is 1. The summed E-state index contributed by atoms with van der Waals surface area (Å²) in [6, 6.07) is 24.3. The molecule has 1 fully saturated rings. The summed E-state index contributed by atoms with van der Waals surface area (Å²) in [6.45, 7) is 2.43. The lowest BCUT2D eigenvalue weighted by Crippen LogP contribution is -2.29. The summed E-state index contributed by atoms with van der Waals surface area (Å²) >= 11 is 0. The standard InChI is InChI=1S/C25H21NO4/c1-2-30-20-15-13-19(14-16-20)26-22(17-9-5-3-6-10-17)21(24(28)25(26)29)23(27)18-11-7-4-8-12-18/h3-16,22,27H,2H2,1H3/b23-21+/t22-/m1/s1. The van der Waals surface area contributed by atoms with Crippen LogP contribution in [0.1, 0.15) is 24.1 Å². The molecule has 0 aliphatic carbocycles. The maximum Gasteiger partial charge on any atom is 0.300 e. The number of anilines is 1. The van der Waals surface area contributed by atoms with E-state index in [0.717, 1.165) is 5.56 Å². The van der Waals surface area contributed by atoms with E-state index in [9.17, 15) is 14.7 Å². The van der Waals surface area contributed by atoms with Crippen LogP contribution in [0.25, 0.3) is 5.76 Å². The van der Waals surface area contributed by atoms with Gasteiger partial charge in [0.1, 0.15) is 11.5 Å². The number of rotatable bonds is 5. The number of carbonyl (C=O) groups is 2. The van der Waals surface area contributed by atoms with Crippen molar-refractivity contribution in [2.45, 2.75) is 13.0 Å². The van der Waals surface area contributed by atoms with E-state index < -0.39 is 17.7 Å². The largest absolute Gasteiger partial charge is 0.507 e. The number of carbonyl (C=O) groups excluding carboxylic acids is 2. The average molecular weight is 399 g/mol. The average Bonchev–Trinajstić information content (AvgIpc) is 3.06. The molecule has 5 nitrogen and oxygen atoms in total. The van der Waals surface area contributed by atoms with Gasteiger partial charge in [0.15, 0.2) is 0 Å². The maximum absolute atomic E-state index is 13.0. The molecule has 150 valence electrons. The highest BCUT2D eigenvalue weighted by Gasteiger charge is 2.46. The fourth-order valence-corrected chi connectivity index (χ4v) is 3.67. The van der Waals surface area contributed by atoms with Gasteiger partial charge in [0, 0.05) is 11.3 Å². The van der Waals surface area contributed by atoms with Crippen LogP contribution in [0.5, 0.6) is 5.75 Å². The summed E-state index contributed by atoms with van der Waals surface area (Å²) in [5.41, 5.74) is 1.86. The fourth-order valence-electron chi connectivity index (χ4n) is 3.67. The predicted octanol–water partition coefficient (Wildman–Crippen LogP) is 4.71. The second-order valence-electron chi connectivity index (χ2n) is 6.87. The Bertz CT molecular complexity index is 1090. The predicted molar refractivity (Wildman–Crippen MR) is 115 cm³/mol. The maximum atomic E-state index is 13.0. The number of benzene rings is 3. The number of amides is 1. The molecule has 0 radical (unpaired) electrons. The Kier molecular flexibility index (Phi) is 5.35. The van der Waals surface area contributed by atoms with Gasteiger partial charge in [-0.2, -0.15) is 0 Å². The van der Waals surface area contributed by atoms with E-state index >= 15 is 0 Å². The van der Waals surface area contributed by atoms with E-state index in [2.05, 4.69) is 0 Å². The molecular formula is C25H21NO4. The second-order valence-corrected chi connectivity index (χ2v) is 6.87. The SMILES string of the molecule is CCOc1ccc(N2C(=O)C(=O)/C(=C(/O)c3ccccc3)[C@H]2c2ccccc2)cc1. The molecule has 1 heterocycles. The zero-order valence-corrected chi connectivity index (χ0v) is 16.5. The lowest BCUT2D eigenvalue weighted by Gasteiger charge is -2.25. The van der Waals surface area contributed by atoms with Crippen molar-refractivity contribution in [3.05, 3.63) is 102 Å². The van der Waals surface area contributed by atoms with Crippen molar-refractivity contribution >= 4 is 23.1 Å². The van der Waals surface area contributed by atoms with Crippen molar-refractivity contribution in [1.82, 2.24) is 0 Å². The Morgan fingerprint density at radius 2 is 1.50 bits per heavy atom. The normalized spacial score (nSPS) is 17.9. The van der Waals surface area contributed by atoms with E-state index in [0.29, 0.717) is 23.6 Å². The lowest BCUT2D eigenvalue weighted by atomic mass is 9.95. The van der Waals surface area contributed by atoms with E-state index in [-0.39, 0.29) is 11.3 Å². The van der Waals surface area contributed by atoms with Gasteiger partial charge in [-0.05, 0) is 36.8 Å². The smallest absolute Gasteiger partial charge is 0.300 e. The summed E-state index contributed by atoms with van der Waals surface area (Å²) in [4.78, 5) is 27.5. The molecule has 4 rings (SSSR count). The molecule has 3 aromatic rings. The molecule has 0 spiro atoms. The number of aliphatic hydroxyl groups excluding tert-OH is 1. The molecule has 1 aliphatic heterocycles. The summed E-state index contributed by atoms with van der Waals surface area (Å²) < 4.78 is 5.48. The van der Waals surface area contributed by atoms with E-state index in [4.69, 9.17) is 4.74 Å². The Hall–Kier alpha value is -3.86. The van der Waals surface area contributed by atoms with E-state index in [1.54, 1.807) is 48.5 Å². The number of Topliss-reactive ketones (excluding diaryl/α,β-unsaturated/α-hetero) is 1. The molecule has 0 bridgehead atoms. The van der Waals surface area contributed by atoms with Crippen molar-refractivity contribution < 1.29 is 19.4 Å². The molecule has 30 heavy (non-hydrogen) atoms. The molecule has 0 unspecified atom stereocenters. The third-order valence-electron chi connectivity index (χ3n) is 5.03. The third-order valence-corrected chi connectivity index (χ3v) is 5.03. The van der Waals surface area contributed by atoms with E-state index in [1.807, 2.05) is 43.3 Å². The number of ketones is 1. The van der Waals surface area contributed by atoms with Crippen LogP contribution in [0.15, 0.2) is 90.5 Å². The van der Waals surface area contributed by atoms with Crippen LogP contribution < -0.4 is 9.64 Å². The molecule has 1 N–H and O–H groups in total. The first-order chi connectivity index (χ1) is 14.6. The molecule has 1 aliphatic rings. The van der Waals surface area contributed by atoms with Crippen LogP contribution >= 0.6 is 0 Å². The van der Waals surface area contributed by atoms with Crippen LogP contribution in [-0.4, -0.2) is 23.4 Å². The van der Waals surface area contributed by atoms with Gasteiger partial charge in [-0.1, -0.05) is 60.7 Å². The Morgan fingerprint density at radius 1 is 0.900 bits per heavy atom. The highest BCUT2D eigenvalue weighted by atomic mass is 16.5. The van der Waals surface area contributed by atoms with Crippen LogP contribution in [0.3, 0.4) is 0 Å². The van der Waals surface area contributed by atoms with Gasteiger partial charge in [0.05, 0.1) is 18.2 Å². The molecule has 1 amide bonds. The topological polar surface area (TPSA) is 66.8 Å². The van der Waals surface area contributed by atoms with Crippen molar-refractivity contribution in [3.8, 4) is 5.75 Å². The molecule has 0 saturated carbocycles. The Balaban J connectivity index is 1.87. The van der Waals surface area contributed by atoms with Gasteiger partial charge in [-0.25, -0.2) is 0 Å². The molecule has 1 atom stereocenters. The summed E-state index contributed by atoms with van der Waals surface area (Å²) in [5, 5.41) is 11.0. The minimum Gasteiger partial charge on any atom is -0.507 e. The van der Waals surface area contributed by atoms with Gasteiger partial charge >= 0.3 is 0 Å². The van der Waals surface area contributed by atoms with Crippen molar-refractivity contribution in [3.63, 3.8) is 0 Å². The second kappa shape index (κ2) is 8.25. The number of hydrogen-bond acceptors (Lipinski definition) is 4. The van der Waals surface area contributed by atoms with Crippen molar-refractivity contribution in [1.29, 1.82) is 0 Å². The minimum absolute atomic E-state index is 0.0753. The van der Waals surface area contributed by atoms with Crippen LogP contribution in [0.4, 0.5) is 5.69 Å². The van der Waals surface area contributed by atoms with Gasteiger partial charge in [0.25, 0.3) is 11.7 Å². The molecular weight excluding hydrogens is 378 g/mol. The Labute approximate surface area is 174 Å². The van der Waals surface area contributed by atoms with Crippen LogP contribution in [0, 0.1) is 0 Å². The van der Waals surface area contributed by atoms with Crippen molar-refractivity contribution in [2.24, 2.45) is 0 Å². The number of aliphatic hydroxyl groups is 1. The van der Waals surface area contributed by atoms with Crippen LogP contribution in [-0.2, 0) is 9.59 Å². The van der Waals surface area contributed by atoms with Gasteiger partial charge < -0.3 is 9.84 Å². The molecule has 1 saturated heterocycles. The number of ether oxygens (including phenoxy) is 1. The van der Waals surface area contributed by atoms with Gasteiger partial charge in [0.2, 0.25) is 0 Å². The highest BCUT2D eigenvalue weighted by Crippen LogP contribution is 2.42. The summed E-state index contributed by atoms with van der Waals surface area (Å²) in [5.74, 6) is -0.890. The van der Waals surface area contributed by atoms with E-state index in [1.165, 1.54) is 4.90 Å².